The normalized spacial score (nSPS) is 17.5. The molecule has 0 N–H and O–H groups in total. The lowest BCUT2D eigenvalue weighted by molar-refractivity contribution is -0.133. The van der Waals surface area contributed by atoms with E-state index in [2.05, 4.69) is 28.0 Å². The summed E-state index contributed by atoms with van der Waals surface area (Å²) in [6.07, 6.45) is 3.97. The summed E-state index contributed by atoms with van der Waals surface area (Å²) in [7, 11) is 0. The Balaban J connectivity index is 1.95. The summed E-state index contributed by atoms with van der Waals surface area (Å²) >= 11 is 3.40. The Morgan fingerprint density at radius 2 is 2.18 bits per heavy atom. The first-order chi connectivity index (χ1) is 8.08. The van der Waals surface area contributed by atoms with E-state index in [-0.39, 0.29) is 5.91 Å². The summed E-state index contributed by atoms with van der Waals surface area (Å²) in [6, 6.07) is 0. The molecule has 0 bridgehead atoms. The Labute approximate surface area is 110 Å². The number of halogens is 1. The number of rotatable bonds is 2. The first-order valence-electron chi connectivity index (χ1n) is 6.03. The second kappa shape index (κ2) is 5.21. The Kier molecular flexibility index (Phi) is 3.86. The molecule has 17 heavy (non-hydrogen) atoms. The van der Waals surface area contributed by atoms with E-state index in [0.717, 1.165) is 42.0 Å². The molecular weight excluding hydrogens is 282 g/mol. The molecule has 1 saturated heterocycles. The molecule has 4 nitrogen and oxygen atoms in total. The minimum Gasteiger partial charge on any atom is -0.341 e. The van der Waals surface area contributed by atoms with E-state index >= 15 is 0 Å². The van der Waals surface area contributed by atoms with Crippen LogP contribution in [0.3, 0.4) is 0 Å². The van der Waals surface area contributed by atoms with Crippen LogP contribution in [0.25, 0.3) is 0 Å². The number of carbonyl (C=O) groups is 1. The molecule has 0 aromatic carbocycles. The molecule has 1 aliphatic rings. The predicted molar refractivity (Wildman–Crippen MR) is 69.6 cm³/mol. The monoisotopic (exact) mass is 299 g/mol. The zero-order valence-electron chi connectivity index (χ0n) is 10.3. The summed E-state index contributed by atoms with van der Waals surface area (Å²) < 4.78 is 2.71. The molecule has 1 fully saturated rings. The third-order valence-corrected chi connectivity index (χ3v) is 4.24. The van der Waals surface area contributed by atoms with Crippen molar-refractivity contribution in [3.05, 3.63) is 16.4 Å². The molecule has 1 aromatic rings. The molecular formula is C12H18BrN3O. The van der Waals surface area contributed by atoms with Crippen LogP contribution in [0.2, 0.25) is 0 Å². The van der Waals surface area contributed by atoms with Gasteiger partial charge in [-0.2, -0.15) is 5.10 Å². The van der Waals surface area contributed by atoms with Gasteiger partial charge in [0.05, 0.1) is 16.4 Å². The van der Waals surface area contributed by atoms with Crippen molar-refractivity contribution < 1.29 is 4.79 Å². The first-order valence-corrected chi connectivity index (χ1v) is 6.83. The Bertz CT molecular complexity index is 408. The molecule has 94 valence electrons. The number of aromatic nitrogens is 2. The maximum absolute atomic E-state index is 12.1. The number of hydrogen-bond donors (Lipinski definition) is 0. The van der Waals surface area contributed by atoms with Crippen LogP contribution in [-0.2, 0) is 11.3 Å². The van der Waals surface area contributed by atoms with Crippen molar-refractivity contribution >= 4 is 21.8 Å². The molecule has 0 radical (unpaired) electrons. The van der Waals surface area contributed by atoms with Gasteiger partial charge in [-0.25, -0.2) is 0 Å². The summed E-state index contributed by atoms with van der Waals surface area (Å²) in [5.41, 5.74) is 1.00. The maximum atomic E-state index is 12.1. The first kappa shape index (κ1) is 12.6. The van der Waals surface area contributed by atoms with Crippen LogP contribution in [0.15, 0.2) is 10.7 Å². The number of carbonyl (C=O) groups excluding carboxylic acids is 1. The van der Waals surface area contributed by atoms with E-state index in [0.29, 0.717) is 6.54 Å². The average molecular weight is 300 g/mol. The number of likely N-dealkylation sites (tertiary alicyclic amines) is 1. The predicted octanol–water partition coefficient (Wildman–Crippen LogP) is 2.21. The van der Waals surface area contributed by atoms with Crippen molar-refractivity contribution in [2.75, 3.05) is 13.1 Å². The van der Waals surface area contributed by atoms with Gasteiger partial charge in [-0.15, -0.1) is 0 Å². The molecule has 1 aliphatic heterocycles. The number of piperidine rings is 1. The fourth-order valence-electron chi connectivity index (χ4n) is 2.07. The molecule has 0 atom stereocenters. The summed E-state index contributed by atoms with van der Waals surface area (Å²) in [5.74, 6) is 0.926. The highest BCUT2D eigenvalue weighted by molar-refractivity contribution is 9.10. The van der Waals surface area contributed by atoms with E-state index in [9.17, 15) is 4.79 Å². The van der Waals surface area contributed by atoms with Gasteiger partial charge in [0, 0.05) is 13.1 Å². The summed E-state index contributed by atoms with van der Waals surface area (Å²) in [4.78, 5) is 14.0. The second-order valence-electron chi connectivity index (χ2n) is 4.80. The van der Waals surface area contributed by atoms with Gasteiger partial charge >= 0.3 is 0 Å². The van der Waals surface area contributed by atoms with Crippen molar-refractivity contribution in [3.8, 4) is 0 Å². The number of amides is 1. The summed E-state index contributed by atoms with van der Waals surface area (Å²) in [6.45, 7) is 6.34. The molecule has 0 unspecified atom stereocenters. The minimum absolute atomic E-state index is 0.176. The standard InChI is InChI=1S/C12H18BrN3O/c1-9-3-5-15(6-4-9)12(17)8-16-10(2)11(13)7-14-16/h7,9H,3-6,8H2,1-2H3. The zero-order valence-corrected chi connectivity index (χ0v) is 11.9. The van der Waals surface area contributed by atoms with Gasteiger partial charge in [0.1, 0.15) is 6.54 Å². The fourth-order valence-corrected chi connectivity index (χ4v) is 2.37. The average Bonchev–Trinajstić information content (AvgIpc) is 2.62. The lowest BCUT2D eigenvalue weighted by Crippen LogP contribution is -2.40. The Hall–Kier alpha value is -0.840. The molecule has 0 saturated carbocycles. The smallest absolute Gasteiger partial charge is 0.244 e. The molecule has 0 spiro atoms. The van der Waals surface area contributed by atoms with E-state index < -0.39 is 0 Å². The van der Waals surface area contributed by atoms with Crippen LogP contribution in [-0.4, -0.2) is 33.7 Å². The van der Waals surface area contributed by atoms with Gasteiger partial charge in [-0.3, -0.25) is 9.48 Å². The van der Waals surface area contributed by atoms with E-state index in [4.69, 9.17) is 0 Å². The van der Waals surface area contributed by atoms with Gasteiger partial charge < -0.3 is 4.90 Å². The lowest BCUT2D eigenvalue weighted by Gasteiger charge is -2.30. The van der Waals surface area contributed by atoms with Crippen molar-refractivity contribution in [1.29, 1.82) is 0 Å². The minimum atomic E-state index is 0.176. The molecule has 5 heteroatoms. The van der Waals surface area contributed by atoms with E-state index in [1.165, 1.54) is 0 Å². The fraction of sp³-hybridized carbons (Fsp3) is 0.667. The van der Waals surface area contributed by atoms with Crippen LogP contribution < -0.4 is 0 Å². The van der Waals surface area contributed by atoms with E-state index in [1.807, 2.05) is 11.8 Å². The van der Waals surface area contributed by atoms with Crippen LogP contribution in [0.5, 0.6) is 0 Å². The molecule has 2 rings (SSSR count). The molecule has 2 heterocycles. The van der Waals surface area contributed by atoms with Gasteiger partial charge in [-0.05, 0) is 41.6 Å². The molecule has 0 aliphatic carbocycles. The molecule has 1 aromatic heterocycles. The quantitative estimate of drug-likeness (QED) is 0.840. The Morgan fingerprint density at radius 1 is 1.53 bits per heavy atom. The van der Waals surface area contributed by atoms with Gasteiger partial charge in [0.25, 0.3) is 0 Å². The van der Waals surface area contributed by atoms with Crippen molar-refractivity contribution in [3.63, 3.8) is 0 Å². The number of nitrogens with zero attached hydrogens (tertiary/aromatic N) is 3. The van der Waals surface area contributed by atoms with Crippen molar-refractivity contribution in [1.82, 2.24) is 14.7 Å². The number of hydrogen-bond acceptors (Lipinski definition) is 2. The highest BCUT2D eigenvalue weighted by Gasteiger charge is 2.21. The second-order valence-corrected chi connectivity index (χ2v) is 5.65. The van der Waals surface area contributed by atoms with Crippen LogP contribution in [0.1, 0.15) is 25.5 Å². The van der Waals surface area contributed by atoms with Crippen LogP contribution in [0.4, 0.5) is 0 Å². The van der Waals surface area contributed by atoms with Gasteiger partial charge in [0.2, 0.25) is 5.91 Å². The van der Waals surface area contributed by atoms with Crippen LogP contribution >= 0.6 is 15.9 Å². The van der Waals surface area contributed by atoms with Crippen LogP contribution in [0, 0.1) is 12.8 Å². The largest absolute Gasteiger partial charge is 0.341 e. The van der Waals surface area contributed by atoms with E-state index in [1.54, 1.807) is 10.9 Å². The highest BCUT2D eigenvalue weighted by atomic mass is 79.9. The van der Waals surface area contributed by atoms with Gasteiger partial charge in [0.15, 0.2) is 0 Å². The van der Waals surface area contributed by atoms with Gasteiger partial charge in [-0.1, -0.05) is 6.92 Å². The Morgan fingerprint density at radius 3 is 2.71 bits per heavy atom. The SMILES string of the molecule is Cc1c(Br)cnn1CC(=O)N1CCC(C)CC1. The third-order valence-electron chi connectivity index (χ3n) is 3.46. The molecule has 1 amide bonds. The topological polar surface area (TPSA) is 38.1 Å². The van der Waals surface area contributed by atoms with Crippen molar-refractivity contribution in [2.45, 2.75) is 33.2 Å². The lowest BCUT2D eigenvalue weighted by atomic mass is 9.99. The van der Waals surface area contributed by atoms with Crippen molar-refractivity contribution in [2.24, 2.45) is 5.92 Å². The summed E-state index contributed by atoms with van der Waals surface area (Å²) in [5, 5.41) is 4.19. The highest BCUT2D eigenvalue weighted by Crippen LogP contribution is 2.17. The zero-order chi connectivity index (χ0) is 12.4. The third kappa shape index (κ3) is 2.89. The maximum Gasteiger partial charge on any atom is 0.244 e.